The topological polar surface area (TPSA) is 95.0 Å². The number of hydrogen-bond donors (Lipinski definition) is 2. The number of anilines is 1. The molecule has 1 aliphatic heterocycles. The number of benzene rings is 1. The minimum Gasteiger partial charge on any atom is -0.491 e. The molecule has 0 unspecified atom stereocenters. The van der Waals surface area contributed by atoms with Gasteiger partial charge >= 0.3 is 6.09 Å². The molecule has 0 aliphatic carbocycles. The molecule has 9 heteroatoms. The molecule has 1 aromatic carbocycles. The summed E-state index contributed by atoms with van der Waals surface area (Å²) in [5.41, 5.74) is 0.277. The molecule has 2 N–H and O–H groups in total. The molecule has 0 aromatic heterocycles. The number of nitrogens with one attached hydrogen (secondary N) is 2. The maximum absolute atomic E-state index is 12.9. The van der Waals surface area contributed by atoms with Gasteiger partial charge in [-0.15, -0.1) is 0 Å². The Kier molecular flexibility index (Phi) is 12.1. The monoisotopic (exact) mass is 520 g/mol. The summed E-state index contributed by atoms with van der Waals surface area (Å²) in [5.74, 6) is 0.0756. The van der Waals surface area contributed by atoms with Gasteiger partial charge in [-0.05, 0) is 39.3 Å². The summed E-state index contributed by atoms with van der Waals surface area (Å²) in [7, 11) is 0. The van der Waals surface area contributed by atoms with Gasteiger partial charge in [0.15, 0.2) is 0 Å². The highest BCUT2D eigenvalue weighted by Gasteiger charge is 2.28. The molecule has 0 atom stereocenters. The molecule has 0 spiro atoms. The largest absolute Gasteiger partial charge is 0.491 e. The minimum atomic E-state index is -0.565. The third-order valence-corrected chi connectivity index (χ3v) is 6.09. The van der Waals surface area contributed by atoms with Crippen LogP contribution in [0, 0.1) is 5.41 Å². The average molecular weight is 521 g/mol. The molecule has 0 bridgehead atoms. The summed E-state index contributed by atoms with van der Waals surface area (Å²) >= 11 is 6.43. The van der Waals surface area contributed by atoms with Crippen molar-refractivity contribution in [1.29, 1.82) is 5.41 Å². The average Bonchev–Trinajstić information content (AvgIpc) is 2.84. The van der Waals surface area contributed by atoms with Crippen molar-refractivity contribution in [2.75, 3.05) is 38.1 Å². The SMILES string of the molecule is CCCCCCCCOc1ccccc1NC(=O)/C(Cl)=C(\C=N)N1CCN(C(=O)OC(C)(C)C)CC1. The molecule has 1 saturated heterocycles. The zero-order valence-corrected chi connectivity index (χ0v) is 22.8. The molecular formula is C27H41ClN4O4. The van der Waals surface area contributed by atoms with Crippen molar-refractivity contribution < 1.29 is 19.1 Å². The van der Waals surface area contributed by atoms with E-state index in [1.807, 2.05) is 43.9 Å². The maximum atomic E-state index is 12.9. The summed E-state index contributed by atoms with van der Waals surface area (Å²) in [6.07, 6.45) is 7.72. The number of halogens is 1. The lowest BCUT2D eigenvalue weighted by atomic mass is 10.1. The molecular weight excluding hydrogens is 480 g/mol. The van der Waals surface area contributed by atoms with Gasteiger partial charge in [-0.1, -0.05) is 62.8 Å². The van der Waals surface area contributed by atoms with Crippen LogP contribution >= 0.6 is 11.6 Å². The first kappa shape index (κ1) is 29.5. The first-order valence-electron chi connectivity index (χ1n) is 12.8. The second-order valence-electron chi connectivity index (χ2n) is 9.86. The summed E-state index contributed by atoms with van der Waals surface area (Å²) in [6.45, 7) is 9.95. The van der Waals surface area contributed by atoms with Crippen LogP contribution in [-0.4, -0.2) is 66.4 Å². The number of amides is 2. The summed E-state index contributed by atoms with van der Waals surface area (Å²) in [5, 5.41) is 10.6. The highest BCUT2D eigenvalue weighted by atomic mass is 35.5. The van der Waals surface area contributed by atoms with Gasteiger partial charge in [0, 0.05) is 32.4 Å². The van der Waals surface area contributed by atoms with Crippen molar-refractivity contribution in [3.63, 3.8) is 0 Å². The van der Waals surface area contributed by atoms with E-state index >= 15 is 0 Å². The summed E-state index contributed by atoms with van der Waals surface area (Å²) in [6, 6.07) is 7.26. The van der Waals surface area contributed by atoms with Crippen LogP contribution in [0.4, 0.5) is 10.5 Å². The third-order valence-electron chi connectivity index (χ3n) is 5.72. The lowest BCUT2D eigenvalue weighted by molar-refractivity contribution is -0.112. The second kappa shape index (κ2) is 14.7. The highest BCUT2D eigenvalue weighted by molar-refractivity contribution is 6.45. The molecule has 8 nitrogen and oxygen atoms in total. The van der Waals surface area contributed by atoms with E-state index in [0.29, 0.717) is 49.9 Å². The quantitative estimate of drug-likeness (QED) is 0.200. The van der Waals surface area contributed by atoms with Crippen molar-refractivity contribution in [3.05, 3.63) is 35.0 Å². The van der Waals surface area contributed by atoms with Crippen LogP contribution < -0.4 is 10.1 Å². The Balaban J connectivity index is 1.95. The molecule has 2 amide bonds. The standard InChI is InChI=1S/C27H41ClN4O4/c1-5-6-7-8-9-12-19-35-23-14-11-10-13-21(23)30-25(33)24(28)22(20-29)31-15-17-32(18-16-31)26(34)36-27(2,3)4/h10-11,13-14,20,29H,5-9,12,15-19H2,1-4H3,(H,30,33)/b24-22-,29-20?. The lowest BCUT2D eigenvalue weighted by Gasteiger charge is -2.37. The van der Waals surface area contributed by atoms with Gasteiger partial charge < -0.3 is 30.0 Å². The first-order valence-corrected chi connectivity index (χ1v) is 13.2. The van der Waals surface area contributed by atoms with E-state index < -0.39 is 11.5 Å². The zero-order chi connectivity index (χ0) is 26.6. The Morgan fingerprint density at radius 1 is 1.03 bits per heavy atom. The first-order chi connectivity index (χ1) is 17.2. The number of rotatable bonds is 12. The van der Waals surface area contributed by atoms with Crippen LogP contribution in [0.3, 0.4) is 0 Å². The number of carbonyl (C=O) groups excluding carboxylic acids is 2. The van der Waals surface area contributed by atoms with Gasteiger partial charge in [0.05, 0.1) is 18.0 Å². The van der Waals surface area contributed by atoms with Crippen molar-refractivity contribution in [2.45, 2.75) is 71.8 Å². The van der Waals surface area contributed by atoms with Crippen LogP contribution in [0.15, 0.2) is 35.0 Å². The van der Waals surface area contributed by atoms with Crippen LogP contribution in [-0.2, 0) is 9.53 Å². The van der Waals surface area contributed by atoms with Crippen LogP contribution in [0.25, 0.3) is 0 Å². The Hall–Kier alpha value is -2.74. The molecule has 1 aromatic rings. The van der Waals surface area contributed by atoms with E-state index in [1.165, 1.54) is 25.7 Å². The number of unbranched alkanes of at least 4 members (excludes halogenated alkanes) is 5. The van der Waals surface area contributed by atoms with E-state index in [4.69, 9.17) is 26.5 Å². The number of piperazine rings is 1. The molecule has 1 heterocycles. The normalized spacial score (nSPS) is 14.7. The highest BCUT2D eigenvalue weighted by Crippen LogP contribution is 2.26. The number of nitrogens with zero attached hydrogens (tertiary/aromatic N) is 2. The fourth-order valence-corrected chi connectivity index (χ4v) is 4.02. The molecule has 0 radical (unpaired) electrons. The fourth-order valence-electron chi connectivity index (χ4n) is 3.80. The predicted molar refractivity (Wildman–Crippen MR) is 145 cm³/mol. The van der Waals surface area contributed by atoms with Gasteiger partial charge in [-0.25, -0.2) is 4.79 Å². The van der Waals surface area contributed by atoms with Crippen molar-refractivity contribution in [1.82, 2.24) is 9.80 Å². The van der Waals surface area contributed by atoms with E-state index in [-0.39, 0.29) is 11.1 Å². The van der Waals surface area contributed by atoms with Gasteiger partial charge in [0.1, 0.15) is 16.4 Å². The van der Waals surface area contributed by atoms with E-state index in [2.05, 4.69) is 12.2 Å². The van der Waals surface area contributed by atoms with Crippen LogP contribution in [0.5, 0.6) is 5.75 Å². The van der Waals surface area contributed by atoms with Gasteiger partial charge in [-0.3, -0.25) is 4.79 Å². The molecule has 36 heavy (non-hydrogen) atoms. The smallest absolute Gasteiger partial charge is 0.410 e. The molecule has 1 aliphatic rings. The van der Waals surface area contributed by atoms with Crippen molar-refractivity contribution >= 4 is 35.5 Å². The van der Waals surface area contributed by atoms with Crippen LogP contribution in [0.2, 0.25) is 0 Å². The molecule has 200 valence electrons. The zero-order valence-electron chi connectivity index (χ0n) is 22.1. The Morgan fingerprint density at radius 2 is 1.64 bits per heavy atom. The lowest BCUT2D eigenvalue weighted by Crippen LogP contribution is -2.50. The minimum absolute atomic E-state index is 0.0820. The summed E-state index contributed by atoms with van der Waals surface area (Å²) < 4.78 is 11.3. The van der Waals surface area contributed by atoms with Gasteiger partial charge in [0.25, 0.3) is 5.91 Å². The van der Waals surface area contributed by atoms with Crippen molar-refractivity contribution in [3.8, 4) is 5.75 Å². The predicted octanol–water partition coefficient (Wildman–Crippen LogP) is 6.02. The van der Waals surface area contributed by atoms with Gasteiger partial charge in [0.2, 0.25) is 0 Å². The van der Waals surface area contributed by atoms with E-state index in [0.717, 1.165) is 19.1 Å². The second-order valence-corrected chi connectivity index (χ2v) is 10.2. The number of allylic oxidation sites excluding steroid dienone is 1. The Bertz CT molecular complexity index is 905. The van der Waals surface area contributed by atoms with Gasteiger partial charge in [-0.2, -0.15) is 0 Å². The number of ether oxygens (including phenoxy) is 2. The summed E-state index contributed by atoms with van der Waals surface area (Å²) in [4.78, 5) is 28.7. The van der Waals surface area contributed by atoms with Crippen LogP contribution in [0.1, 0.15) is 66.2 Å². The molecule has 2 rings (SSSR count). The van der Waals surface area contributed by atoms with Crippen molar-refractivity contribution in [2.24, 2.45) is 0 Å². The van der Waals surface area contributed by atoms with E-state index in [1.54, 1.807) is 11.0 Å². The van der Waals surface area contributed by atoms with E-state index in [9.17, 15) is 9.59 Å². The Morgan fingerprint density at radius 3 is 2.28 bits per heavy atom. The number of hydrogen-bond acceptors (Lipinski definition) is 6. The third kappa shape index (κ3) is 9.72. The molecule has 1 fully saturated rings. The fraction of sp³-hybridized carbons (Fsp3) is 0.593. The molecule has 0 saturated carbocycles. The number of carbonyl (C=O) groups is 2. The number of para-hydroxylation sites is 2. The Labute approximate surface area is 220 Å². The maximum Gasteiger partial charge on any atom is 0.410 e.